The van der Waals surface area contributed by atoms with Crippen LogP contribution >= 0.6 is 11.7 Å². The number of hydrogen-bond acceptors (Lipinski definition) is 5. The molecule has 126 valence electrons. The summed E-state index contributed by atoms with van der Waals surface area (Å²) in [5.74, 6) is -0.418. The predicted molar refractivity (Wildman–Crippen MR) is 99.0 cm³/mol. The van der Waals surface area contributed by atoms with Crippen LogP contribution in [0.3, 0.4) is 0 Å². The first-order chi connectivity index (χ1) is 12.7. The van der Waals surface area contributed by atoms with Gasteiger partial charge in [-0.2, -0.15) is 8.75 Å². The van der Waals surface area contributed by atoms with E-state index >= 15 is 0 Å². The number of carbonyl (C=O) groups excluding carboxylic acids is 2. The van der Waals surface area contributed by atoms with Gasteiger partial charge in [-0.1, -0.05) is 48.5 Å². The maximum atomic E-state index is 15.0. The number of fused-ring (bicyclic) bond motifs is 1. The van der Waals surface area contributed by atoms with Crippen molar-refractivity contribution in [2.45, 2.75) is 0 Å². The molecule has 1 heterocycles. The van der Waals surface area contributed by atoms with Crippen molar-refractivity contribution in [2.24, 2.45) is 0 Å². The van der Waals surface area contributed by atoms with E-state index in [1.54, 1.807) is 48.5 Å². The molecule has 0 amide bonds. The predicted octanol–water partition coefficient (Wildman–Crippen LogP) is 4.79. The van der Waals surface area contributed by atoms with Gasteiger partial charge in [0.1, 0.15) is 29.4 Å². The molecule has 0 spiro atoms. The molecule has 26 heavy (non-hydrogen) atoms. The zero-order valence-corrected chi connectivity index (χ0v) is 14.2. The summed E-state index contributed by atoms with van der Waals surface area (Å²) in [5, 5.41) is 0. The van der Waals surface area contributed by atoms with Crippen LogP contribution in [-0.2, 0) is 0 Å². The van der Waals surface area contributed by atoms with Crippen molar-refractivity contribution in [2.75, 3.05) is 0 Å². The van der Waals surface area contributed by atoms with Gasteiger partial charge in [0.2, 0.25) is 0 Å². The monoisotopic (exact) mass is 362 g/mol. The average molecular weight is 362 g/mol. The first-order valence-corrected chi connectivity index (χ1v) is 8.50. The molecule has 0 radical (unpaired) electrons. The maximum Gasteiger partial charge on any atom is 0.150 e. The highest BCUT2D eigenvalue weighted by molar-refractivity contribution is 7.00. The summed E-state index contributed by atoms with van der Waals surface area (Å²) in [6.45, 7) is 0. The third kappa shape index (κ3) is 2.70. The van der Waals surface area contributed by atoms with Gasteiger partial charge in [0, 0.05) is 22.3 Å². The Morgan fingerprint density at radius 1 is 0.769 bits per heavy atom. The highest BCUT2D eigenvalue weighted by Crippen LogP contribution is 2.36. The molecule has 0 saturated heterocycles. The maximum absolute atomic E-state index is 15.0. The number of rotatable bonds is 4. The molecule has 0 aliphatic heterocycles. The largest absolute Gasteiger partial charge is 0.298 e. The Balaban J connectivity index is 1.91. The molecule has 0 atom stereocenters. The number of benzene rings is 3. The quantitative estimate of drug-likeness (QED) is 0.490. The summed E-state index contributed by atoms with van der Waals surface area (Å²) >= 11 is 1.02. The van der Waals surface area contributed by atoms with Crippen LogP contribution in [0.25, 0.3) is 33.3 Å². The minimum Gasteiger partial charge on any atom is -0.298 e. The zero-order valence-electron chi connectivity index (χ0n) is 13.3. The molecule has 0 bridgehead atoms. The van der Waals surface area contributed by atoms with Gasteiger partial charge >= 0.3 is 0 Å². The minimum absolute atomic E-state index is 0.361. The van der Waals surface area contributed by atoms with Crippen LogP contribution in [0.2, 0.25) is 0 Å². The molecule has 0 fully saturated rings. The van der Waals surface area contributed by atoms with Crippen LogP contribution in [0.5, 0.6) is 0 Å². The van der Waals surface area contributed by atoms with E-state index in [9.17, 15) is 14.0 Å². The molecular formula is C20H11FN2O2S. The molecule has 0 saturated carbocycles. The number of hydrogen-bond donors (Lipinski definition) is 0. The fraction of sp³-hybridized carbons (Fsp3) is 0. The molecule has 4 rings (SSSR count). The highest BCUT2D eigenvalue weighted by atomic mass is 32.1. The van der Waals surface area contributed by atoms with Gasteiger partial charge in [0.05, 0.1) is 11.7 Å². The molecule has 0 aliphatic rings. The van der Waals surface area contributed by atoms with E-state index in [1.807, 2.05) is 0 Å². The molecular weight excluding hydrogens is 351 g/mol. The van der Waals surface area contributed by atoms with Gasteiger partial charge in [-0.25, -0.2) is 4.39 Å². The lowest BCUT2D eigenvalue weighted by Crippen LogP contribution is -1.92. The summed E-state index contributed by atoms with van der Waals surface area (Å²) in [6.07, 6.45) is 1.50. The number of halogens is 1. The second-order valence-corrected chi connectivity index (χ2v) is 6.25. The lowest BCUT2D eigenvalue weighted by Gasteiger charge is -2.09. The lowest BCUT2D eigenvalue weighted by molar-refractivity contribution is 0.111. The second kappa shape index (κ2) is 6.57. The number of aromatic nitrogens is 2. The van der Waals surface area contributed by atoms with E-state index in [2.05, 4.69) is 8.75 Å². The van der Waals surface area contributed by atoms with Crippen molar-refractivity contribution in [1.82, 2.24) is 8.75 Å². The van der Waals surface area contributed by atoms with Gasteiger partial charge < -0.3 is 0 Å². The third-order valence-electron chi connectivity index (χ3n) is 4.18. The van der Waals surface area contributed by atoms with E-state index in [0.717, 1.165) is 29.9 Å². The van der Waals surface area contributed by atoms with Crippen molar-refractivity contribution in [3.8, 4) is 22.3 Å². The fourth-order valence-electron chi connectivity index (χ4n) is 2.87. The third-order valence-corrected chi connectivity index (χ3v) is 4.71. The molecule has 4 aromatic rings. The van der Waals surface area contributed by atoms with Gasteiger partial charge in [0.25, 0.3) is 0 Å². The number of nitrogens with zero attached hydrogens (tertiary/aromatic N) is 2. The van der Waals surface area contributed by atoms with Crippen LogP contribution in [0.4, 0.5) is 4.39 Å². The Kier molecular flexibility index (Phi) is 4.10. The Morgan fingerprint density at radius 2 is 1.31 bits per heavy atom. The van der Waals surface area contributed by atoms with Crippen LogP contribution in [0.1, 0.15) is 20.7 Å². The Hall–Kier alpha value is -3.25. The van der Waals surface area contributed by atoms with E-state index < -0.39 is 5.82 Å². The zero-order chi connectivity index (χ0) is 18.1. The molecule has 3 aromatic carbocycles. The molecule has 4 nitrogen and oxygen atoms in total. The van der Waals surface area contributed by atoms with Crippen LogP contribution in [0, 0.1) is 5.82 Å². The number of aldehydes is 2. The van der Waals surface area contributed by atoms with Crippen molar-refractivity contribution in [3.63, 3.8) is 0 Å². The Bertz CT molecular complexity index is 1120. The van der Waals surface area contributed by atoms with Crippen LogP contribution in [0.15, 0.2) is 54.6 Å². The van der Waals surface area contributed by atoms with E-state index in [1.165, 1.54) is 6.07 Å². The first-order valence-electron chi connectivity index (χ1n) is 7.77. The van der Waals surface area contributed by atoms with Crippen molar-refractivity contribution < 1.29 is 14.0 Å². The minimum atomic E-state index is -0.418. The molecule has 1 aromatic heterocycles. The van der Waals surface area contributed by atoms with E-state index in [0.29, 0.717) is 38.9 Å². The topological polar surface area (TPSA) is 59.9 Å². The summed E-state index contributed by atoms with van der Waals surface area (Å²) < 4.78 is 23.6. The smallest absolute Gasteiger partial charge is 0.150 e. The molecule has 0 unspecified atom stereocenters. The van der Waals surface area contributed by atoms with E-state index in [-0.39, 0.29) is 0 Å². The van der Waals surface area contributed by atoms with Gasteiger partial charge in [-0.3, -0.25) is 9.59 Å². The van der Waals surface area contributed by atoms with E-state index in [4.69, 9.17) is 0 Å². The van der Waals surface area contributed by atoms with Crippen molar-refractivity contribution in [1.29, 1.82) is 0 Å². The van der Waals surface area contributed by atoms with Gasteiger partial charge in [-0.15, -0.1) is 0 Å². The average Bonchev–Trinajstić information content (AvgIpc) is 3.17. The second-order valence-electron chi connectivity index (χ2n) is 5.72. The number of carbonyl (C=O) groups is 2. The van der Waals surface area contributed by atoms with Crippen molar-refractivity contribution in [3.05, 3.63) is 71.5 Å². The fourth-order valence-corrected chi connectivity index (χ4v) is 3.44. The van der Waals surface area contributed by atoms with Crippen molar-refractivity contribution >= 4 is 35.3 Å². The molecule has 0 N–H and O–H groups in total. The van der Waals surface area contributed by atoms with Gasteiger partial charge in [-0.05, 0) is 17.2 Å². The highest BCUT2D eigenvalue weighted by Gasteiger charge is 2.18. The van der Waals surface area contributed by atoms with Crippen LogP contribution in [-0.4, -0.2) is 21.3 Å². The normalized spacial score (nSPS) is 10.8. The lowest BCUT2D eigenvalue weighted by atomic mass is 9.96. The summed E-state index contributed by atoms with van der Waals surface area (Å²) in [6, 6.07) is 15.0. The molecule has 6 heteroatoms. The Labute approximate surface area is 152 Å². The van der Waals surface area contributed by atoms with Crippen LogP contribution < -0.4 is 0 Å². The van der Waals surface area contributed by atoms with Gasteiger partial charge in [0.15, 0.2) is 0 Å². The Morgan fingerprint density at radius 3 is 1.88 bits per heavy atom. The summed E-state index contributed by atoms with van der Waals surface area (Å²) in [5.41, 5.74) is 4.52. The first kappa shape index (κ1) is 16.2. The standard InChI is InChI=1S/C20H11FN2O2S/c21-17-9-16(14-5-1-12(10-24)2-6-14)19-20(23-26-22-19)18(17)15-7-3-13(11-25)4-8-15/h1-11H. The summed E-state index contributed by atoms with van der Waals surface area (Å²) in [7, 11) is 0. The molecule has 0 aliphatic carbocycles. The SMILES string of the molecule is O=Cc1ccc(-c2cc(F)c(-c3ccc(C=O)cc3)c3nsnc23)cc1. The summed E-state index contributed by atoms with van der Waals surface area (Å²) in [4.78, 5) is 21.6.